The fourth-order valence-electron chi connectivity index (χ4n) is 1.99. The number of hydrogen-bond donors (Lipinski definition) is 0. The summed E-state index contributed by atoms with van der Waals surface area (Å²) in [6.07, 6.45) is 8.09. The minimum atomic E-state index is -0.115. The van der Waals surface area contributed by atoms with Crippen LogP contribution in [0.2, 0.25) is 0 Å². The lowest BCUT2D eigenvalue weighted by atomic mass is 9.97. The van der Waals surface area contributed by atoms with E-state index in [9.17, 15) is 5.26 Å². The zero-order valence-electron chi connectivity index (χ0n) is 8.94. The molecule has 1 aromatic heterocycles. The monoisotopic (exact) mass is 221 g/mol. The summed E-state index contributed by atoms with van der Waals surface area (Å²) in [5.41, 5.74) is 1.24. The molecule has 2 rings (SSSR count). The number of aryl methyl sites for hydroxylation is 2. The Bertz CT molecular complexity index is 371. The second kappa shape index (κ2) is 4.28. The Labute approximate surface area is 94.5 Å². The Balaban J connectivity index is 1.95. The van der Waals surface area contributed by atoms with E-state index in [2.05, 4.69) is 11.2 Å². The second-order valence-electron chi connectivity index (χ2n) is 4.08. The SMILES string of the molecule is Cn1cc(CCC2(C#N)CCCS2)cn1. The predicted molar refractivity (Wildman–Crippen MR) is 61.6 cm³/mol. The molecule has 0 saturated carbocycles. The summed E-state index contributed by atoms with van der Waals surface area (Å²) in [5, 5.41) is 13.3. The molecule has 1 aromatic rings. The van der Waals surface area contributed by atoms with Gasteiger partial charge in [0.05, 0.1) is 12.3 Å². The van der Waals surface area contributed by atoms with Gasteiger partial charge in [0.2, 0.25) is 0 Å². The van der Waals surface area contributed by atoms with Crippen molar-refractivity contribution in [2.45, 2.75) is 30.4 Å². The largest absolute Gasteiger partial charge is 0.276 e. The highest BCUT2D eigenvalue weighted by molar-refractivity contribution is 8.01. The van der Waals surface area contributed by atoms with Crippen LogP contribution in [0.25, 0.3) is 0 Å². The van der Waals surface area contributed by atoms with Crippen LogP contribution in [-0.4, -0.2) is 20.3 Å². The highest BCUT2D eigenvalue weighted by atomic mass is 32.2. The van der Waals surface area contributed by atoms with E-state index in [4.69, 9.17) is 0 Å². The van der Waals surface area contributed by atoms with Gasteiger partial charge in [0.15, 0.2) is 0 Å². The average Bonchev–Trinajstić information content (AvgIpc) is 2.85. The van der Waals surface area contributed by atoms with Gasteiger partial charge in [-0.3, -0.25) is 4.68 Å². The van der Waals surface area contributed by atoms with Crippen molar-refractivity contribution < 1.29 is 0 Å². The number of hydrogen-bond acceptors (Lipinski definition) is 3. The van der Waals surface area contributed by atoms with Crippen molar-refractivity contribution in [3.05, 3.63) is 18.0 Å². The van der Waals surface area contributed by atoms with Crippen LogP contribution in [0.1, 0.15) is 24.8 Å². The lowest BCUT2D eigenvalue weighted by Gasteiger charge is -2.18. The van der Waals surface area contributed by atoms with Crippen LogP contribution < -0.4 is 0 Å². The molecule has 1 aliphatic heterocycles. The number of nitriles is 1. The zero-order chi connectivity index (χ0) is 10.7. The van der Waals surface area contributed by atoms with Crippen LogP contribution in [0.4, 0.5) is 0 Å². The number of aromatic nitrogens is 2. The normalized spacial score (nSPS) is 25.3. The molecule has 2 heterocycles. The summed E-state index contributed by atoms with van der Waals surface area (Å²) >= 11 is 1.83. The maximum Gasteiger partial charge on any atom is 0.103 e. The van der Waals surface area contributed by atoms with Gasteiger partial charge in [0, 0.05) is 13.2 Å². The van der Waals surface area contributed by atoms with E-state index in [0.29, 0.717) is 0 Å². The molecule has 1 atom stereocenters. The number of thioether (sulfide) groups is 1. The smallest absolute Gasteiger partial charge is 0.103 e. The van der Waals surface area contributed by atoms with Crippen molar-refractivity contribution in [1.29, 1.82) is 5.26 Å². The summed E-state index contributed by atoms with van der Waals surface area (Å²) in [6, 6.07) is 2.49. The molecule has 0 radical (unpaired) electrons. The van der Waals surface area contributed by atoms with Crippen LogP contribution in [0.5, 0.6) is 0 Å². The third-order valence-corrected chi connectivity index (χ3v) is 4.43. The zero-order valence-corrected chi connectivity index (χ0v) is 9.76. The van der Waals surface area contributed by atoms with Crippen molar-refractivity contribution in [2.75, 3.05) is 5.75 Å². The maximum atomic E-state index is 9.21. The minimum Gasteiger partial charge on any atom is -0.276 e. The molecule has 4 heteroatoms. The van der Waals surface area contributed by atoms with Crippen molar-refractivity contribution in [3.8, 4) is 6.07 Å². The van der Waals surface area contributed by atoms with Gasteiger partial charge in [0.25, 0.3) is 0 Å². The molecule has 3 nitrogen and oxygen atoms in total. The third-order valence-electron chi connectivity index (χ3n) is 2.88. The van der Waals surface area contributed by atoms with Crippen LogP contribution in [0.3, 0.4) is 0 Å². The summed E-state index contributed by atoms with van der Waals surface area (Å²) in [7, 11) is 1.92. The van der Waals surface area contributed by atoms with Gasteiger partial charge in [-0.1, -0.05) is 0 Å². The van der Waals surface area contributed by atoms with Crippen LogP contribution in [0, 0.1) is 11.3 Å². The molecule has 1 unspecified atom stereocenters. The lowest BCUT2D eigenvalue weighted by Crippen LogP contribution is -2.18. The van der Waals surface area contributed by atoms with Gasteiger partial charge >= 0.3 is 0 Å². The standard InChI is InChI=1S/C11H15N3S/c1-14-8-10(7-13-14)3-5-11(9-12)4-2-6-15-11/h7-8H,2-6H2,1H3. The average molecular weight is 221 g/mol. The molecule has 0 N–H and O–H groups in total. The van der Waals surface area contributed by atoms with Gasteiger partial charge in [0.1, 0.15) is 4.75 Å². The van der Waals surface area contributed by atoms with E-state index in [0.717, 1.165) is 25.0 Å². The number of nitrogens with zero attached hydrogens (tertiary/aromatic N) is 3. The molecule has 1 aliphatic rings. The predicted octanol–water partition coefficient (Wildman–Crippen LogP) is 2.14. The van der Waals surface area contributed by atoms with Gasteiger partial charge < -0.3 is 0 Å². The summed E-state index contributed by atoms with van der Waals surface area (Å²) < 4.78 is 1.70. The Morgan fingerprint density at radius 1 is 1.73 bits per heavy atom. The Morgan fingerprint density at radius 2 is 2.60 bits per heavy atom. The Hall–Kier alpha value is -0.950. The fourth-order valence-corrected chi connectivity index (χ4v) is 3.26. The first-order valence-corrected chi connectivity index (χ1v) is 6.25. The van der Waals surface area contributed by atoms with E-state index < -0.39 is 0 Å². The molecule has 0 bridgehead atoms. The first kappa shape index (κ1) is 10.6. The molecule has 1 fully saturated rings. The molecule has 0 spiro atoms. The van der Waals surface area contributed by atoms with Gasteiger partial charge in [-0.25, -0.2) is 0 Å². The van der Waals surface area contributed by atoms with E-state index in [1.165, 1.54) is 12.0 Å². The van der Waals surface area contributed by atoms with Crippen LogP contribution in [0.15, 0.2) is 12.4 Å². The molecule has 15 heavy (non-hydrogen) atoms. The highest BCUT2D eigenvalue weighted by Crippen LogP contribution is 2.40. The quantitative estimate of drug-likeness (QED) is 0.785. The molecule has 0 aliphatic carbocycles. The van der Waals surface area contributed by atoms with Gasteiger partial charge in [-0.05, 0) is 37.0 Å². The fraction of sp³-hybridized carbons (Fsp3) is 0.636. The second-order valence-corrected chi connectivity index (χ2v) is 5.56. The minimum absolute atomic E-state index is 0.115. The molecular formula is C11H15N3S. The van der Waals surface area contributed by atoms with E-state index >= 15 is 0 Å². The van der Waals surface area contributed by atoms with Crippen LogP contribution in [-0.2, 0) is 13.5 Å². The van der Waals surface area contributed by atoms with Gasteiger partial charge in [-0.2, -0.15) is 10.4 Å². The molecule has 0 amide bonds. The third kappa shape index (κ3) is 2.35. The van der Waals surface area contributed by atoms with Crippen LogP contribution >= 0.6 is 11.8 Å². The first-order valence-electron chi connectivity index (χ1n) is 5.27. The molecule has 80 valence electrons. The van der Waals surface area contributed by atoms with Crippen molar-refractivity contribution >= 4 is 11.8 Å². The first-order chi connectivity index (χ1) is 7.24. The summed E-state index contributed by atoms with van der Waals surface area (Å²) in [5.74, 6) is 1.14. The van der Waals surface area contributed by atoms with Crippen molar-refractivity contribution in [3.63, 3.8) is 0 Å². The Kier molecular flexibility index (Phi) is 3.01. The number of rotatable bonds is 3. The highest BCUT2D eigenvalue weighted by Gasteiger charge is 2.34. The van der Waals surface area contributed by atoms with E-state index in [1.807, 2.05) is 35.9 Å². The van der Waals surface area contributed by atoms with Crippen molar-refractivity contribution in [1.82, 2.24) is 9.78 Å². The topological polar surface area (TPSA) is 41.6 Å². The van der Waals surface area contributed by atoms with Gasteiger partial charge in [-0.15, -0.1) is 11.8 Å². The maximum absolute atomic E-state index is 9.21. The molecule has 0 aromatic carbocycles. The molecule has 1 saturated heterocycles. The van der Waals surface area contributed by atoms with Crippen molar-refractivity contribution in [2.24, 2.45) is 7.05 Å². The summed E-state index contributed by atoms with van der Waals surface area (Å²) in [4.78, 5) is 0. The molecular weight excluding hydrogens is 206 g/mol. The lowest BCUT2D eigenvalue weighted by molar-refractivity contribution is 0.621. The van der Waals surface area contributed by atoms with E-state index in [1.54, 1.807) is 0 Å². The Morgan fingerprint density at radius 3 is 3.13 bits per heavy atom. The van der Waals surface area contributed by atoms with E-state index in [-0.39, 0.29) is 4.75 Å². The summed E-state index contributed by atoms with van der Waals surface area (Å²) in [6.45, 7) is 0.